The third kappa shape index (κ3) is 2.65. The van der Waals surface area contributed by atoms with Crippen LogP contribution in [0.15, 0.2) is 29.6 Å². The molecule has 4 nitrogen and oxygen atoms in total. The molecule has 5 heteroatoms. The van der Waals surface area contributed by atoms with Crippen molar-refractivity contribution in [1.29, 1.82) is 0 Å². The Morgan fingerprint density at radius 3 is 2.52 bits per heavy atom. The molecule has 3 rings (SSSR count). The minimum absolute atomic E-state index is 0.0368. The molecule has 1 N–H and O–H groups in total. The summed E-state index contributed by atoms with van der Waals surface area (Å²) in [5.41, 5.74) is 4.04. The number of nitrogens with zero attached hydrogens (tertiary/aromatic N) is 2. The van der Waals surface area contributed by atoms with Crippen molar-refractivity contribution >= 4 is 28.3 Å². The van der Waals surface area contributed by atoms with Gasteiger partial charge in [-0.15, -0.1) is 11.3 Å². The van der Waals surface area contributed by atoms with Crippen LogP contribution in [0, 0.1) is 19.8 Å². The van der Waals surface area contributed by atoms with E-state index in [1.54, 1.807) is 11.3 Å². The zero-order valence-electron chi connectivity index (χ0n) is 13.7. The van der Waals surface area contributed by atoms with Gasteiger partial charge in [0.25, 0.3) is 0 Å². The van der Waals surface area contributed by atoms with E-state index in [0.717, 1.165) is 32.9 Å². The lowest BCUT2D eigenvalue weighted by atomic mass is 10.0. The quantitative estimate of drug-likeness (QED) is 0.757. The second-order valence-corrected chi connectivity index (χ2v) is 7.18. The number of hydrogen-bond donors (Lipinski definition) is 1. The molecule has 0 aliphatic rings. The second kappa shape index (κ2) is 5.81. The van der Waals surface area contributed by atoms with Crippen LogP contribution in [-0.2, 0) is 4.79 Å². The number of hydrogen-bond acceptors (Lipinski definition) is 3. The molecule has 0 aliphatic carbocycles. The van der Waals surface area contributed by atoms with E-state index in [1.165, 1.54) is 0 Å². The Morgan fingerprint density at radius 1 is 1.26 bits per heavy atom. The highest BCUT2D eigenvalue weighted by molar-refractivity contribution is 7.13. The minimum Gasteiger partial charge on any atom is -0.480 e. The number of rotatable bonds is 4. The number of thiophene rings is 1. The first kappa shape index (κ1) is 15.7. The van der Waals surface area contributed by atoms with Crippen LogP contribution < -0.4 is 0 Å². The van der Waals surface area contributed by atoms with Crippen molar-refractivity contribution in [2.75, 3.05) is 0 Å². The number of aryl methyl sites for hydroxylation is 2. The summed E-state index contributed by atoms with van der Waals surface area (Å²) in [6, 6.07) is 7.40. The van der Waals surface area contributed by atoms with Crippen molar-refractivity contribution in [2.24, 2.45) is 5.92 Å². The summed E-state index contributed by atoms with van der Waals surface area (Å²) in [4.78, 5) is 17.7. The van der Waals surface area contributed by atoms with Crippen molar-refractivity contribution in [3.63, 3.8) is 0 Å². The molecule has 23 heavy (non-hydrogen) atoms. The van der Waals surface area contributed by atoms with Gasteiger partial charge in [-0.25, -0.2) is 9.78 Å². The SMILES string of the molecule is Cc1cc2nc(-c3cccs3)n(C(C(=O)O)C(C)C)c2cc1C. The van der Waals surface area contributed by atoms with Gasteiger partial charge in [-0.2, -0.15) is 0 Å². The van der Waals surface area contributed by atoms with Crippen LogP contribution in [0.1, 0.15) is 31.0 Å². The molecule has 1 atom stereocenters. The number of aromatic nitrogens is 2. The summed E-state index contributed by atoms with van der Waals surface area (Å²) in [5.74, 6) is -0.123. The van der Waals surface area contributed by atoms with E-state index in [4.69, 9.17) is 4.98 Å². The maximum Gasteiger partial charge on any atom is 0.327 e. The van der Waals surface area contributed by atoms with Crippen LogP contribution in [0.5, 0.6) is 0 Å². The fraction of sp³-hybridized carbons (Fsp3) is 0.333. The van der Waals surface area contributed by atoms with Gasteiger partial charge in [-0.1, -0.05) is 19.9 Å². The largest absolute Gasteiger partial charge is 0.480 e. The third-order valence-corrected chi connectivity index (χ3v) is 5.08. The molecular weight excluding hydrogens is 308 g/mol. The summed E-state index contributed by atoms with van der Waals surface area (Å²) < 4.78 is 1.89. The highest BCUT2D eigenvalue weighted by atomic mass is 32.1. The third-order valence-electron chi connectivity index (χ3n) is 4.21. The normalized spacial score (nSPS) is 12.9. The summed E-state index contributed by atoms with van der Waals surface area (Å²) in [7, 11) is 0. The first-order chi connectivity index (χ1) is 10.9. The van der Waals surface area contributed by atoms with Gasteiger partial charge in [0.1, 0.15) is 6.04 Å². The van der Waals surface area contributed by atoms with E-state index in [0.29, 0.717) is 0 Å². The summed E-state index contributed by atoms with van der Waals surface area (Å²) >= 11 is 1.58. The molecule has 0 amide bonds. The lowest BCUT2D eigenvalue weighted by molar-refractivity contribution is -0.142. The number of carboxylic acid groups (broad SMARTS) is 1. The summed E-state index contributed by atoms with van der Waals surface area (Å²) in [6.07, 6.45) is 0. The number of carbonyl (C=O) groups is 1. The van der Waals surface area contributed by atoms with E-state index in [2.05, 4.69) is 6.92 Å². The fourth-order valence-electron chi connectivity index (χ4n) is 2.91. The Kier molecular flexibility index (Phi) is 3.98. The van der Waals surface area contributed by atoms with E-state index in [9.17, 15) is 9.90 Å². The Labute approximate surface area is 139 Å². The van der Waals surface area contributed by atoms with Crippen molar-refractivity contribution in [3.8, 4) is 10.7 Å². The Balaban J connectivity index is 2.38. The lowest BCUT2D eigenvalue weighted by Gasteiger charge is -2.21. The smallest absolute Gasteiger partial charge is 0.327 e. The Bertz CT molecular complexity index is 863. The highest BCUT2D eigenvalue weighted by Crippen LogP contribution is 2.34. The average molecular weight is 328 g/mol. The predicted molar refractivity (Wildman–Crippen MR) is 94.0 cm³/mol. The first-order valence-corrected chi connectivity index (χ1v) is 8.54. The van der Waals surface area contributed by atoms with Crippen LogP contribution in [0.4, 0.5) is 0 Å². The number of carboxylic acids is 1. The first-order valence-electron chi connectivity index (χ1n) is 7.66. The number of benzene rings is 1. The summed E-state index contributed by atoms with van der Waals surface area (Å²) in [5, 5.41) is 11.8. The van der Waals surface area contributed by atoms with Gasteiger partial charge in [0.2, 0.25) is 0 Å². The van der Waals surface area contributed by atoms with Crippen LogP contribution in [-0.4, -0.2) is 20.6 Å². The van der Waals surface area contributed by atoms with Crippen molar-refractivity contribution < 1.29 is 9.90 Å². The predicted octanol–water partition coefficient (Wildman–Crippen LogP) is 4.66. The number of aliphatic carboxylic acids is 1. The molecule has 2 heterocycles. The fourth-order valence-corrected chi connectivity index (χ4v) is 3.62. The van der Waals surface area contributed by atoms with Crippen molar-refractivity contribution in [3.05, 3.63) is 40.8 Å². The van der Waals surface area contributed by atoms with E-state index >= 15 is 0 Å². The van der Waals surface area contributed by atoms with Gasteiger partial charge in [0.05, 0.1) is 15.9 Å². The van der Waals surface area contributed by atoms with Gasteiger partial charge >= 0.3 is 5.97 Å². The van der Waals surface area contributed by atoms with E-state index in [-0.39, 0.29) is 5.92 Å². The monoisotopic (exact) mass is 328 g/mol. The van der Waals surface area contributed by atoms with E-state index < -0.39 is 12.0 Å². The zero-order valence-corrected chi connectivity index (χ0v) is 14.5. The molecule has 2 aromatic heterocycles. The highest BCUT2D eigenvalue weighted by Gasteiger charge is 2.29. The van der Waals surface area contributed by atoms with Crippen LogP contribution in [0.25, 0.3) is 21.7 Å². The molecule has 120 valence electrons. The number of imidazole rings is 1. The van der Waals surface area contributed by atoms with Crippen molar-refractivity contribution in [1.82, 2.24) is 9.55 Å². The molecule has 0 aliphatic heterocycles. The minimum atomic E-state index is -0.824. The van der Waals surface area contributed by atoms with Gasteiger partial charge < -0.3 is 9.67 Å². The van der Waals surface area contributed by atoms with Crippen LogP contribution in [0.2, 0.25) is 0 Å². The molecule has 0 spiro atoms. The molecule has 0 fully saturated rings. The van der Waals surface area contributed by atoms with E-state index in [1.807, 2.05) is 55.0 Å². The topological polar surface area (TPSA) is 55.1 Å². The van der Waals surface area contributed by atoms with Gasteiger partial charge in [0.15, 0.2) is 5.82 Å². The zero-order chi connectivity index (χ0) is 16.7. The maximum atomic E-state index is 11.9. The van der Waals surface area contributed by atoms with Gasteiger partial charge in [0, 0.05) is 0 Å². The van der Waals surface area contributed by atoms with Gasteiger partial charge in [-0.05, 0) is 54.5 Å². The second-order valence-electron chi connectivity index (χ2n) is 6.23. The number of fused-ring (bicyclic) bond motifs is 1. The Hall–Kier alpha value is -2.14. The summed E-state index contributed by atoms with van der Waals surface area (Å²) in [6.45, 7) is 7.96. The Morgan fingerprint density at radius 2 is 1.96 bits per heavy atom. The molecule has 1 unspecified atom stereocenters. The molecule has 1 aromatic carbocycles. The van der Waals surface area contributed by atoms with Crippen molar-refractivity contribution in [2.45, 2.75) is 33.7 Å². The molecule has 0 radical (unpaired) electrons. The lowest BCUT2D eigenvalue weighted by Crippen LogP contribution is -2.24. The van der Waals surface area contributed by atoms with Crippen LogP contribution >= 0.6 is 11.3 Å². The van der Waals surface area contributed by atoms with Gasteiger partial charge in [-0.3, -0.25) is 0 Å². The molecule has 0 saturated carbocycles. The standard InChI is InChI=1S/C18H20N2O2S/c1-10(2)16(18(21)22)20-14-9-12(4)11(3)8-13(14)19-17(20)15-6-5-7-23-15/h5-10,16H,1-4H3,(H,21,22). The molecule has 0 saturated heterocycles. The molecule has 0 bridgehead atoms. The average Bonchev–Trinajstić information content (AvgIpc) is 3.08. The molecular formula is C18H20N2O2S. The van der Waals surface area contributed by atoms with Crippen LogP contribution in [0.3, 0.4) is 0 Å². The molecule has 3 aromatic rings. The maximum absolute atomic E-state index is 11.9.